The molecule has 1 saturated heterocycles. The summed E-state index contributed by atoms with van der Waals surface area (Å²) in [6, 6.07) is 7.73. The van der Waals surface area contributed by atoms with Crippen LogP contribution in [-0.2, 0) is 11.2 Å². The summed E-state index contributed by atoms with van der Waals surface area (Å²) < 4.78 is 15.5. The lowest BCUT2D eigenvalue weighted by Crippen LogP contribution is -2.19. The van der Waals surface area contributed by atoms with Gasteiger partial charge in [-0.15, -0.1) is 5.10 Å². The molecule has 1 aliphatic rings. The molecule has 10 nitrogen and oxygen atoms in total. The highest BCUT2D eigenvalue weighted by atomic mass is 16.5. The Hall–Kier alpha value is -3.37. The fraction of sp³-hybridized carbons (Fsp3) is 0.435. The molecule has 1 fully saturated rings. The standard InChI is InChI=1S/C23H27N7O3/c1-15(2)33-17-6-7-19-18(13-17)22(27-30(19)21-5-3-4-12-32-21)23-24-10-8-20(25-23)29-14-16(9-11-31)26-28-29/h6-8,10,13-15,21,31H,3-5,9,11-12H2,1-2H3. The van der Waals surface area contributed by atoms with E-state index < -0.39 is 0 Å². The fourth-order valence-corrected chi connectivity index (χ4v) is 4.00. The molecule has 0 spiro atoms. The molecule has 1 unspecified atom stereocenters. The molecular formula is C23H27N7O3. The summed E-state index contributed by atoms with van der Waals surface area (Å²) in [5.41, 5.74) is 2.30. The Kier molecular flexibility index (Phi) is 6.01. The van der Waals surface area contributed by atoms with Gasteiger partial charge in [0.1, 0.15) is 11.4 Å². The Labute approximate surface area is 191 Å². The molecule has 1 atom stereocenters. The van der Waals surface area contributed by atoms with Crippen molar-refractivity contribution in [3.63, 3.8) is 0 Å². The van der Waals surface area contributed by atoms with Gasteiger partial charge in [-0.3, -0.25) is 0 Å². The minimum atomic E-state index is -0.119. The van der Waals surface area contributed by atoms with Crippen molar-refractivity contribution in [1.29, 1.82) is 0 Å². The fourth-order valence-electron chi connectivity index (χ4n) is 4.00. The van der Waals surface area contributed by atoms with Gasteiger partial charge in [0.2, 0.25) is 0 Å². The molecule has 10 heteroatoms. The van der Waals surface area contributed by atoms with Gasteiger partial charge in [-0.1, -0.05) is 5.21 Å². The first-order valence-corrected chi connectivity index (χ1v) is 11.3. The van der Waals surface area contributed by atoms with Gasteiger partial charge in [0, 0.05) is 37.3 Å². The number of fused-ring (bicyclic) bond motifs is 1. The number of aromatic nitrogens is 7. The van der Waals surface area contributed by atoms with Crippen LogP contribution < -0.4 is 4.74 Å². The van der Waals surface area contributed by atoms with E-state index in [1.165, 1.54) is 0 Å². The van der Waals surface area contributed by atoms with Crippen LogP contribution in [0, 0.1) is 0 Å². The van der Waals surface area contributed by atoms with Crippen molar-refractivity contribution >= 4 is 10.9 Å². The Bertz CT molecular complexity index is 1240. The van der Waals surface area contributed by atoms with E-state index in [9.17, 15) is 0 Å². The highest BCUT2D eigenvalue weighted by Crippen LogP contribution is 2.34. The summed E-state index contributed by atoms with van der Waals surface area (Å²) in [6.45, 7) is 4.74. The van der Waals surface area contributed by atoms with Crippen LogP contribution in [-0.4, -0.2) is 59.2 Å². The molecule has 0 radical (unpaired) electrons. The third-order valence-corrected chi connectivity index (χ3v) is 5.47. The van der Waals surface area contributed by atoms with Crippen molar-refractivity contribution in [1.82, 2.24) is 34.7 Å². The molecule has 4 heterocycles. The average Bonchev–Trinajstić information content (AvgIpc) is 3.44. The van der Waals surface area contributed by atoms with E-state index in [1.54, 1.807) is 23.1 Å². The molecule has 172 valence electrons. The Morgan fingerprint density at radius 1 is 1.24 bits per heavy atom. The Balaban J connectivity index is 1.60. The summed E-state index contributed by atoms with van der Waals surface area (Å²) >= 11 is 0. The van der Waals surface area contributed by atoms with Crippen LogP contribution >= 0.6 is 0 Å². The number of nitrogens with zero attached hydrogens (tertiary/aromatic N) is 7. The number of rotatable bonds is 7. The smallest absolute Gasteiger partial charge is 0.182 e. The second-order valence-electron chi connectivity index (χ2n) is 8.33. The van der Waals surface area contributed by atoms with E-state index in [0.717, 1.165) is 42.5 Å². The second-order valence-corrected chi connectivity index (χ2v) is 8.33. The molecule has 0 bridgehead atoms. The summed E-state index contributed by atoms with van der Waals surface area (Å²) in [4.78, 5) is 9.22. The molecule has 0 aliphatic carbocycles. The maximum Gasteiger partial charge on any atom is 0.182 e. The van der Waals surface area contributed by atoms with Crippen LogP contribution in [0.15, 0.2) is 36.7 Å². The Morgan fingerprint density at radius 3 is 2.94 bits per heavy atom. The van der Waals surface area contributed by atoms with E-state index in [-0.39, 0.29) is 18.9 Å². The maximum atomic E-state index is 9.15. The van der Waals surface area contributed by atoms with Crippen molar-refractivity contribution in [2.24, 2.45) is 0 Å². The molecule has 0 saturated carbocycles. The van der Waals surface area contributed by atoms with Gasteiger partial charge in [0.15, 0.2) is 17.9 Å². The topological polar surface area (TPSA) is 113 Å². The normalized spacial score (nSPS) is 16.5. The first-order valence-electron chi connectivity index (χ1n) is 11.3. The number of hydrogen-bond donors (Lipinski definition) is 1. The minimum absolute atomic E-state index is 0.0150. The molecule has 3 aromatic heterocycles. The Morgan fingerprint density at radius 2 is 2.15 bits per heavy atom. The van der Waals surface area contributed by atoms with Gasteiger partial charge >= 0.3 is 0 Å². The lowest BCUT2D eigenvalue weighted by atomic mass is 10.1. The van der Waals surface area contributed by atoms with Gasteiger partial charge in [-0.05, 0) is 51.3 Å². The van der Waals surface area contributed by atoms with E-state index in [1.807, 2.05) is 36.7 Å². The van der Waals surface area contributed by atoms with Gasteiger partial charge in [-0.25, -0.2) is 19.3 Å². The van der Waals surface area contributed by atoms with Gasteiger partial charge in [-0.2, -0.15) is 5.10 Å². The lowest BCUT2D eigenvalue weighted by molar-refractivity contribution is -0.0365. The largest absolute Gasteiger partial charge is 0.491 e. The van der Waals surface area contributed by atoms with Crippen molar-refractivity contribution in [2.45, 2.75) is 51.9 Å². The summed E-state index contributed by atoms with van der Waals surface area (Å²) in [6.07, 6.45) is 6.89. The third-order valence-electron chi connectivity index (χ3n) is 5.47. The molecule has 1 aromatic carbocycles. The quantitative estimate of drug-likeness (QED) is 0.458. The minimum Gasteiger partial charge on any atom is -0.491 e. The lowest BCUT2D eigenvalue weighted by Gasteiger charge is -2.23. The molecule has 5 rings (SSSR count). The number of hydrogen-bond acceptors (Lipinski definition) is 8. The molecular weight excluding hydrogens is 422 g/mol. The SMILES string of the molecule is CC(C)Oc1ccc2c(c1)c(-c1nccc(-n3cc(CCO)nn3)n1)nn2C1CCCCO1. The number of aliphatic hydroxyl groups is 1. The van der Waals surface area contributed by atoms with Gasteiger partial charge in [0.25, 0.3) is 0 Å². The summed E-state index contributed by atoms with van der Waals surface area (Å²) in [5.74, 6) is 1.82. The average molecular weight is 450 g/mol. The highest BCUT2D eigenvalue weighted by molar-refractivity contribution is 5.92. The number of ether oxygens (including phenoxy) is 2. The number of benzene rings is 1. The van der Waals surface area contributed by atoms with Crippen molar-refractivity contribution in [3.05, 3.63) is 42.4 Å². The molecule has 4 aromatic rings. The highest BCUT2D eigenvalue weighted by Gasteiger charge is 2.23. The van der Waals surface area contributed by atoms with Crippen LogP contribution in [0.25, 0.3) is 28.2 Å². The maximum absolute atomic E-state index is 9.15. The van der Waals surface area contributed by atoms with Crippen LogP contribution in [0.1, 0.15) is 45.0 Å². The zero-order chi connectivity index (χ0) is 22.8. The summed E-state index contributed by atoms with van der Waals surface area (Å²) in [5, 5.41) is 23.2. The van der Waals surface area contributed by atoms with Crippen LogP contribution in [0.5, 0.6) is 5.75 Å². The predicted octanol–water partition coefficient (Wildman–Crippen LogP) is 3.10. The summed E-state index contributed by atoms with van der Waals surface area (Å²) in [7, 11) is 0. The molecule has 33 heavy (non-hydrogen) atoms. The van der Waals surface area contributed by atoms with E-state index in [2.05, 4.69) is 15.3 Å². The molecule has 0 amide bonds. The van der Waals surface area contributed by atoms with Gasteiger partial charge in [0.05, 0.1) is 23.5 Å². The van der Waals surface area contributed by atoms with Crippen LogP contribution in [0.2, 0.25) is 0 Å². The van der Waals surface area contributed by atoms with E-state index in [0.29, 0.717) is 29.5 Å². The third kappa shape index (κ3) is 4.44. The number of aliphatic hydroxyl groups excluding tert-OH is 1. The monoisotopic (exact) mass is 449 g/mol. The van der Waals surface area contributed by atoms with Crippen molar-refractivity contribution < 1.29 is 14.6 Å². The van der Waals surface area contributed by atoms with E-state index >= 15 is 0 Å². The molecule has 1 aliphatic heterocycles. The first kappa shape index (κ1) is 21.5. The van der Waals surface area contributed by atoms with Crippen molar-refractivity contribution in [3.8, 4) is 23.1 Å². The van der Waals surface area contributed by atoms with Crippen molar-refractivity contribution in [2.75, 3.05) is 13.2 Å². The first-order chi connectivity index (χ1) is 16.1. The zero-order valence-corrected chi connectivity index (χ0v) is 18.8. The van der Waals surface area contributed by atoms with Gasteiger partial charge < -0.3 is 14.6 Å². The molecule has 1 N–H and O–H groups in total. The van der Waals surface area contributed by atoms with Crippen LogP contribution in [0.4, 0.5) is 0 Å². The van der Waals surface area contributed by atoms with Crippen LogP contribution in [0.3, 0.4) is 0 Å². The zero-order valence-electron chi connectivity index (χ0n) is 18.8. The second kappa shape index (κ2) is 9.24. The van der Waals surface area contributed by atoms with E-state index in [4.69, 9.17) is 24.7 Å². The predicted molar refractivity (Wildman–Crippen MR) is 121 cm³/mol.